The largest absolute Gasteiger partial charge is 0.263 e. The summed E-state index contributed by atoms with van der Waals surface area (Å²) in [6, 6.07) is 7.05. The molecule has 0 bridgehead atoms. The number of nitrogens with zero attached hydrogens (tertiary/aromatic N) is 2. The molecule has 0 spiro atoms. The average molecular weight is 315 g/mol. The van der Waals surface area contributed by atoms with Crippen molar-refractivity contribution in [1.82, 2.24) is 9.29 Å². The molecule has 0 unspecified atom stereocenters. The Morgan fingerprint density at radius 3 is 2.50 bits per heavy atom. The van der Waals surface area contributed by atoms with Crippen LogP contribution in [-0.2, 0) is 16.6 Å². The Balaban J connectivity index is 2.26. The summed E-state index contributed by atoms with van der Waals surface area (Å²) < 4.78 is 38.7. The van der Waals surface area contributed by atoms with Gasteiger partial charge < -0.3 is 0 Å². The predicted molar refractivity (Wildman–Crippen MR) is 74.3 cm³/mol. The van der Waals surface area contributed by atoms with Gasteiger partial charge in [0.2, 0.25) is 10.0 Å². The summed E-state index contributed by atoms with van der Waals surface area (Å²) in [7, 11) is -2.30. The third-order valence-electron chi connectivity index (χ3n) is 2.74. The van der Waals surface area contributed by atoms with Gasteiger partial charge in [-0.05, 0) is 23.8 Å². The molecule has 7 heteroatoms. The summed E-state index contributed by atoms with van der Waals surface area (Å²) in [5.74, 6) is -0.366. The number of halogens is 2. The lowest BCUT2D eigenvalue weighted by Gasteiger charge is -2.17. The number of aromatic nitrogens is 1. The highest BCUT2D eigenvalue weighted by molar-refractivity contribution is 7.89. The van der Waals surface area contributed by atoms with Crippen molar-refractivity contribution in [2.75, 3.05) is 7.05 Å². The van der Waals surface area contributed by atoms with Gasteiger partial charge in [0, 0.05) is 26.0 Å². The number of pyridine rings is 1. The topological polar surface area (TPSA) is 50.3 Å². The van der Waals surface area contributed by atoms with Crippen molar-refractivity contribution in [3.63, 3.8) is 0 Å². The van der Waals surface area contributed by atoms with Gasteiger partial charge in [0.15, 0.2) is 0 Å². The molecule has 1 aromatic carbocycles. The Morgan fingerprint density at radius 2 is 1.90 bits per heavy atom. The smallest absolute Gasteiger partial charge is 0.246 e. The summed E-state index contributed by atoms with van der Waals surface area (Å²) in [4.78, 5) is 3.72. The number of rotatable bonds is 4. The first-order valence-corrected chi connectivity index (χ1v) is 7.53. The Hall–Kier alpha value is -1.50. The molecule has 0 fully saturated rings. The molecule has 0 aliphatic rings. The highest BCUT2D eigenvalue weighted by Crippen LogP contribution is 2.23. The molecule has 0 radical (unpaired) electrons. The van der Waals surface area contributed by atoms with Crippen molar-refractivity contribution in [3.8, 4) is 0 Å². The lowest BCUT2D eigenvalue weighted by molar-refractivity contribution is 0.466. The second-order valence-electron chi connectivity index (χ2n) is 4.19. The van der Waals surface area contributed by atoms with E-state index >= 15 is 0 Å². The van der Waals surface area contributed by atoms with Crippen LogP contribution in [0.4, 0.5) is 4.39 Å². The van der Waals surface area contributed by atoms with Crippen LogP contribution in [-0.4, -0.2) is 24.8 Å². The number of sulfonamides is 1. The molecule has 0 aliphatic heterocycles. The van der Waals surface area contributed by atoms with E-state index < -0.39 is 10.0 Å². The Labute approximate surface area is 121 Å². The third kappa shape index (κ3) is 3.15. The van der Waals surface area contributed by atoms with Crippen LogP contribution in [0.1, 0.15) is 5.56 Å². The summed E-state index contributed by atoms with van der Waals surface area (Å²) in [5, 5.41) is 0.117. The number of hydrogen-bond acceptors (Lipinski definition) is 3. The van der Waals surface area contributed by atoms with Crippen molar-refractivity contribution >= 4 is 21.6 Å². The monoisotopic (exact) mass is 314 g/mol. The molecule has 1 heterocycles. The minimum absolute atomic E-state index is 0.0497. The number of hydrogen-bond donors (Lipinski definition) is 0. The normalized spacial score (nSPS) is 11.8. The van der Waals surface area contributed by atoms with Gasteiger partial charge in [-0.2, -0.15) is 4.31 Å². The molecular formula is C13H12ClFN2O2S. The fourth-order valence-corrected chi connectivity index (χ4v) is 3.21. The fraction of sp³-hybridized carbons (Fsp3) is 0.154. The maximum absolute atomic E-state index is 12.8. The molecule has 2 aromatic rings. The van der Waals surface area contributed by atoms with E-state index in [1.54, 1.807) is 0 Å². The van der Waals surface area contributed by atoms with E-state index in [4.69, 9.17) is 11.6 Å². The van der Waals surface area contributed by atoms with E-state index in [-0.39, 0.29) is 22.3 Å². The summed E-state index contributed by atoms with van der Waals surface area (Å²) in [5.41, 5.74) is 0.678. The first-order chi connectivity index (χ1) is 9.41. The number of benzene rings is 1. The van der Waals surface area contributed by atoms with E-state index in [9.17, 15) is 12.8 Å². The minimum atomic E-state index is -3.73. The Bertz CT molecular complexity index is 705. The second kappa shape index (κ2) is 5.87. The quantitative estimate of drug-likeness (QED) is 0.872. The van der Waals surface area contributed by atoms with Crippen molar-refractivity contribution in [1.29, 1.82) is 0 Å². The maximum atomic E-state index is 12.8. The van der Waals surface area contributed by atoms with E-state index in [1.165, 1.54) is 49.8 Å². The van der Waals surface area contributed by atoms with Gasteiger partial charge in [0.1, 0.15) is 10.7 Å². The van der Waals surface area contributed by atoms with E-state index in [2.05, 4.69) is 4.98 Å². The molecular weight excluding hydrogens is 303 g/mol. The maximum Gasteiger partial charge on any atom is 0.246 e. The summed E-state index contributed by atoms with van der Waals surface area (Å²) >= 11 is 5.88. The minimum Gasteiger partial charge on any atom is -0.263 e. The first kappa shape index (κ1) is 14.9. The zero-order chi connectivity index (χ0) is 14.8. The molecule has 0 atom stereocenters. The third-order valence-corrected chi connectivity index (χ3v) is 5.01. The van der Waals surface area contributed by atoms with Crippen molar-refractivity contribution in [2.45, 2.75) is 11.4 Å². The highest BCUT2D eigenvalue weighted by atomic mass is 35.5. The van der Waals surface area contributed by atoms with Gasteiger partial charge in [-0.3, -0.25) is 4.98 Å². The van der Waals surface area contributed by atoms with Crippen LogP contribution in [0.15, 0.2) is 47.6 Å². The SMILES string of the molecule is CN(Cc1ccc(F)cc1)S(=O)(=O)c1cnccc1Cl. The van der Waals surface area contributed by atoms with E-state index in [1.807, 2.05) is 0 Å². The van der Waals surface area contributed by atoms with Gasteiger partial charge in [-0.1, -0.05) is 23.7 Å². The lowest BCUT2D eigenvalue weighted by atomic mass is 10.2. The zero-order valence-corrected chi connectivity index (χ0v) is 12.2. The van der Waals surface area contributed by atoms with Gasteiger partial charge >= 0.3 is 0 Å². The average Bonchev–Trinajstić information content (AvgIpc) is 2.41. The standard InChI is InChI=1S/C13H12ClFN2O2S/c1-17(9-10-2-4-11(15)5-3-10)20(18,19)13-8-16-7-6-12(13)14/h2-8H,9H2,1H3. The van der Waals surface area contributed by atoms with Crippen LogP contribution < -0.4 is 0 Å². The Kier molecular flexibility index (Phi) is 4.37. The van der Waals surface area contributed by atoms with Crippen LogP contribution in [0.25, 0.3) is 0 Å². The van der Waals surface area contributed by atoms with Gasteiger partial charge in [-0.15, -0.1) is 0 Å². The van der Waals surface area contributed by atoms with Gasteiger partial charge in [0.05, 0.1) is 5.02 Å². The first-order valence-electron chi connectivity index (χ1n) is 5.71. The Morgan fingerprint density at radius 1 is 1.25 bits per heavy atom. The molecule has 0 aliphatic carbocycles. The predicted octanol–water partition coefficient (Wildman–Crippen LogP) is 2.69. The van der Waals surface area contributed by atoms with Crippen LogP contribution in [0, 0.1) is 5.82 Å². The lowest BCUT2D eigenvalue weighted by Crippen LogP contribution is -2.26. The van der Waals surface area contributed by atoms with Crippen molar-refractivity contribution in [2.24, 2.45) is 0 Å². The second-order valence-corrected chi connectivity index (χ2v) is 6.61. The molecule has 0 amide bonds. The van der Waals surface area contributed by atoms with E-state index in [0.717, 1.165) is 4.31 Å². The van der Waals surface area contributed by atoms with Gasteiger partial charge in [0.25, 0.3) is 0 Å². The summed E-state index contributed by atoms with van der Waals surface area (Å²) in [6.07, 6.45) is 2.63. The van der Waals surface area contributed by atoms with E-state index in [0.29, 0.717) is 5.56 Å². The highest BCUT2D eigenvalue weighted by Gasteiger charge is 2.23. The van der Waals surface area contributed by atoms with Crippen LogP contribution in [0.2, 0.25) is 5.02 Å². The fourth-order valence-electron chi connectivity index (χ4n) is 1.65. The van der Waals surface area contributed by atoms with Crippen LogP contribution >= 0.6 is 11.6 Å². The van der Waals surface area contributed by atoms with Crippen LogP contribution in [0.5, 0.6) is 0 Å². The molecule has 1 aromatic heterocycles. The molecule has 0 saturated carbocycles. The molecule has 106 valence electrons. The molecule has 4 nitrogen and oxygen atoms in total. The molecule has 0 saturated heterocycles. The molecule has 20 heavy (non-hydrogen) atoms. The zero-order valence-electron chi connectivity index (χ0n) is 10.6. The van der Waals surface area contributed by atoms with Crippen molar-refractivity contribution in [3.05, 3.63) is 59.1 Å². The van der Waals surface area contributed by atoms with Crippen molar-refractivity contribution < 1.29 is 12.8 Å². The molecule has 0 N–H and O–H groups in total. The summed E-state index contributed by atoms with van der Waals surface area (Å²) in [6.45, 7) is 0.119. The van der Waals surface area contributed by atoms with Crippen LogP contribution in [0.3, 0.4) is 0 Å². The van der Waals surface area contributed by atoms with Gasteiger partial charge in [-0.25, -0.2) is 12.8 Å². The molecule has 2 rings (SSSR count).